The Morgan fingerprint density at radius 3 is 2.59 bits per heavy atom. The Balaban J connectivity index is 2.65. The quantitative estimate of drug-likeness (QED) is 0.284. The molecule has 0 amide bonds. The normalized spacial score (nSPS) is 12.8. The first-order valence-electron chi connectivity index (χ1n) is 8.59. The number of carbonyl (C=O) groups excluding carboxylic acids is 3. The first kappa shape index (κ1) is 22.1. The fourth-order valence-electron chi connectivity index (χ4n) is 3.13. The van der Waals surface area contributed by atoms with E-state index in [1.54, 1.807) is 13.0 Å². The maximum atomic E-state index is 14.4. The SMILES string of the molecule is COC(=O)CCC(C)=CCc1c(N=C=O)c2c(c(C)c1C(F)=C(F)F)COC2=O. The average molecular weight is 409 g/mol. The molecule has 0 radical (unpaired) electrons. The Morgan fingerprint density at radius 1 is 1.31 bits per heavy atom. The number of ether oxygens (including phenoxy) is 2. The average Bonchev–Trinajstić information content (AvgIpc) is 3.08. The number of benzene rings is 1. The van der Waals surface area contributed by atoms with Gasteiger partial charge in [-0.15, -0.1) is 0 Å². The lowest BCUT2D eigenvalue weighted by atomic mass is 9.88. The van der Waals surface area contributed by atoms with Crippen molar-refractivity contribution in [2.24, 2.45) is 4.99 Å². The van der Waals surface area contributed by atoms with Crippen molar-refractivity contribution in [3.05, 3.63) is 45.5 Å². The fourth-order valence-corrected chi connectivity index (χ4v) is 3.13. The Morgan fingerprint density at radius 2 is 2.00 bits per heavy atom. The molecule has 0 saturated heterocycles. The van der Waals surface area contributed by atoms with Gasteiger partial charge in [0.05, 0.1) is 18.4 Å². The summed E-state index contributed by atoms with van der Waals surface area (Å²) in [5, 5.41) is 0. The predicted octanol–water partition coefficient (Wildman–Crippen LogP) is 4.61. The summed E-state index contributed by atoms with van der Waals surface area (Å²) in [4.78, 5) is 37.8. The first-order valence-corrected chi connectivity index (χ1v) is 8.59. The summed E-state index contributed by atoms with van der Waals surface area (Å²) in [5.74, 6) is -2.96. The van der Waals surface area contributed by atoms with Gasteiger partial charge in [-0.2, -0.15) is 13.8 Å². The van der Waals surface area contributed by atoms with Gasteiger partial charge in [0.2, 0.25) is 6.08 Å². The number of cyclic esters (lactones) is 1. The molecule has 2 rings (SSSR count). The highest BCUT2D eigenvalue weighted by atomic mass is 19.3. The van der Waals surface area contributed by atoms with Crippen molar-refractivity contribution < 1.29 is 37.0 Å². The van der Waals surface area contributed by atoms with E-state index in [4.69, 9.17) is 4.74 Å². The van der Waals surface area contributed by atoms with Gasteiger partial charge in [0, 0.05) is 17.5 Å². The largest absolute Gasteiger partial charge is 0.469 e. The van der Waals surface area contributed by atoms with Crippen molar-refractivity contribution in [3.63, 3.8) is 0 Å². The molecule has 1 aromatic carbocycles. The summed E-state index contributed by atoms with van der Waals surface area (Å²) >= 11 is 0. The number of carbonyl (C=O) groups is 2. The molecule has 1 heterocycles. The summed E-state index contributed by atoms with van der Waals surface area (Å²) in [6.07, 6.45) is 0.662. The van der Waals surface area contributed by atoms with Crippen molar-refractivity contribution >= 4 is 29.5 Å². The molecule has 0 N–H and O–H groups in total. The number of allylic oxidation sites excluding steroid dienone is 2. The third kappa shape index (κ3) is 4.63. The van der Waals surface area contributed by atoms with Gasteiger partial charge in [-0.25, -0.2) is 14.0 Å². The number of halogens is 3. The van der Waals surface area contributed by atoms with Gasteiger partial charge in [-0.05, 0) is 37.8 Å². The van der Waals surface area contributed by atoms with Crippen LogP contribution in [0.1, 0.15) is 52.4 Å². The summed E-state index contributed by atoms with van der Waals surface area (Å²) in [6.45, 7) is 2.86. The van der Waals surface area contributed by atoms with Crippen LogP contribution in [0.2, 0.25) is 0 Å². The molecule has 0 aromatic heterocycles. The summed E-state index contributed by atoms with van der Waals surface area (Å²) in [5.41, 5.74) is 0.207. The molecule has 0 unspecified atom stereocenters. The Kier molecular flexibility index (Phi) is 7.12. The molecule has 9 heteroatoms. The van der Waals surface area contributed by atoms with Gasteiger partial charge in [-0.3, -0.25) is 4.79 Å². The molecule has 0 fully saturated rings. The van der Waals surface area contributed by atoms with Gasteiger partial charge >= 0.3 is 18.0 Å². The standard InChI is InChI=1S/C20H18F3NO5/c1-10(5-7-14(26)28-3)4-6-12-15(17(21)19(22)23)11(2)13-8-29-20(27)16(13)18(12)24-9-25/h4H,5-8H2,1-3H3. The van der Waals surface area contributed by atoms with E-state index in [2.05, 4.69) is 9.73 Å². The van der Waals surface area contributed by atoms with E-state index in [0.29, 0.717) is 12.0 Å². The lowest BCUT2D eigenvalue weighted by molar-refractivity contribution is -0.140. The number of hydrogen-bond acceptors (Lipinski definition) is 6. The van der Waals surface area contributed by atoms with Gasteiger partial charge in [-0.1, -0.05) is 11.6 Å². The van der Waals surface area contributed by atoms with Crippen LogP contribution in [-0.4, -0.2) is 25.1 Å². The Hall–Kier alpha value is -3.19. The van der Waals surface area contributed by atoms with E-state index in [1.165, 1.54) is 20.1 Å². The van der Waals surface area contributed by atoms with E-state index >= 15 is 0 Å². The molecule has 29 heavy (non-hydrogen) atoms. The Bertz CT molecular complexity index is 971. The minimum atomic E-state index is -2.54. The van der Waals surface area contributed by atoms with Crippen LogP contribution in [0.25, 0.3) is 5.83 Å². The van der Waals surface area contributed by atoms with Crippen LogP contribution in [0.3, 0.4) is 0 Å². The molecular formula is C20H18F3NO5. The van der Waals surface area contributed by atoms with Crippen molar-refractivity contribution in [3.8, 4) is 0 Å². The van der Waals surface area contributed by atoms with Gasteiger partial charge in [0.1, 0.15) is 6.61 Å². The lowest BCUT2D eigenvalue weighted by Crippen LogP contribution is -2.05. The summed E-state index contributed by atoms with van der Waals surface area (Å²) < 4.78 is 50.0. The van der Waals surface area contributed by atoms with Crippen LogP contribution >= 0.6 is 0 Å². The molecule has 0 saturated carbocycles. The van der Waals surface area contributed by atoms with Crippen LogP contribution in [-0.2, 0) is 32.1 Å². The van der Waals surface area contributed by atoms with E-state index in [9.17, 15) is 27.6 Å². The van der Waals surface area contributed by atoms with E-state index in [-0.39, 0.29) is 47.4 Å². The van der Waals surface area contributed by atoms with E-state index in [1.807, 2.05) is 0 Å². The van der Waals surface area contributed by atoms with Crippen LogP contribution in [0.15, 0.2) is 22.7 Å². The minimum absolute atomic E-state index is 0.0581. The summed E-state index contributed by atoms with van der Waals surface area (Å²) in [7, 11) is 1.25. The molecule has 0 aliphatic carbocycles. The van der Waals surface area contributed by atoms with E-state index in [0.717, 1.165) is 0 Å². The molecule has 6 nitrogen and oxygen atoms in total. The molecule has 1 aliphatic heterocycles. The van der Waals surface area contributed by atoms with Crippen molar-refractivity contribution in [1.82, 2.24) is 0 Å². The first-order chi connectivity index (χ1) is 13.7. The molecule has 0 spiro atoms. The molecule has 0 atom stereocenters. The number of aliphatic imine (C=N–C) groups is 1. The highest BCUT2D eigenvalue weighted by molar-refractivity contribution is 6.01. The van der Waals surface area contributed by atoms with Crippen molar-refractivity contribution in [2.75, 3.05) is 7.11 Å². The number of rotatable bonds is 7. The highest BCUT2D eigenvalue weighted by Gasteiger charge is 2.33. The minimum Gasteiger partial charge on any atom is -0.469 e. The van der Waals surface area contributed by atoms with E-state index < -0.39 is 29.4 Å². The second kappa shape index (κ2) is 9.34. The van der Waals surface area contributed by atoms with Crippen molar-refractivity contribution in [1.29, 1.82) is 0 Å². The second-order valence-electron chi connectivity index (χ2n) is 6.37. The molecule has 154 valence electrons. The second-order valence-corrected chi connectivity index (χ2v) is 6.37. The third-order valence-electron chi connectivity index (χ3n) is 4.65. The van der Waals surface area contributed by atoms with Gasteiger partial charge in [0.15, 0.2) is 5.83 Å². The van der Waals surface area contributed by atoms with Gasteiger partial charge < -0.3 is 9.47 Å². The van der Waals surface area contributed by atoms with Crippen LogP contribution in [0.5, 0.6) is 0 Å². The monoisotopic (exact) mass is 409 g/mol. The number of methoxy groups -OCH3 is 1. The fraction of sp³-hybridized carbons (Fsp3) is 0.350. The predicted molar refractivity (Wildman–Crippen MR) is 97.0 cm³/mol. The smallest absolute Gasteiger partial charge is 0.341 e. The zero-order valence-corrected chi connectivity index (χ0v) is 16.0. The topological polar surface area (TPSA) is 82.0 Å². The zero-order valence-electron chi connectivity index (χ0n) is 16.0. The molecule has 0 bridgehead atoms. The van der Waals surface area contributed by atoms with Crippen LogP contribution in [0, 0.1) is 6.92 Å². The lowest BCUT2D eigenvalue weighted by Gasteiger charge is -2.16. The molecule has 1 aromatic rings. The third-order valence-corrected chi connectivity index (χ3v) is 4.65. The number of fused-ring (bicyclic) bond motifs is 1. The molecule has 1 aliphatic rings. The maximum absolute atomic E-state index is 14.4. The summed E-state index contributed by atoms with van der Waals surface area (Å²) in [6, 6.07) is 0. The van der Waals surface area contributed by atoms with Gasteiger partial charge in [0.25, 0.3) is 0 Å². The maximum Gasteiger partial charge on any atom is 0.341 e. The number of hydrogen-bond donors (Lipinski definition) is 0. The molecular weight excluding hydrogens is 391 g/mol. The zero-order chi connectivity index (χ0) is 21.7. The number of isocyanates is 1. The number of esters is 2. The highest BCUT2D eigenvalue weighted by Crippen LogP contribution is 2.42. The number of nitrogens with zero attached hydrogens (tertiary/aromatic N) is 1. The Labute approximate surface area is 164 Å². The van der Waals surface area contributed by atoms with Crippen LogP contribution < -0.4 is 0 Å². The van der Waals surface area contributed by atoms with Crippen LogP contribution in [0.4, 0.5) is 18.9 Å². The van der Waals surface area contributed by atoms with Crippen molar-refractivity contribution in [2.45, 2.75) is 39.7 Å².